The van der Waals surface area contributed by atoms with Gasteiger partial charge in [-0.3, -0.25) is 0 Å². The highest BCUT2D eigenvalue weighted by molar-refractivity contribution is 5.20. The molecule has 0 aromatic heterocycles. The smallest absolute Gasteiger partial charge is 0.103 e. The maximum absolute atomic E-state index is 10.5. The molecule has 18 heavy (non-hydrogen) atoms. The minimum absolute atomic E-state index is 0.192. The molecule has 0 heterocycles. The first-order valence-electron chi connectivity index (χ1n) is 7.11. The molecule has 4 N–H and O–H groups in total. The van der Waals surface area contributed by atoms with E-state index in [4.69, 9.17) is 5.73 Å². The van der Waals surface area contributed by atoms with Gasteiger partial charge in [-0.1, -0.05) is 18.6 Å². The Morgan fingerprint density at radius 1 is 1.50 bits per heavy atom. The van der Waals surface area contributed by atoms with Crippen molar-refractivity contribution in [3.8, 4) is 0 Å². The molecule has 3 heteroatoms. The van der Waals surface area contributed by atoms with Crippen LogP contribution < -0.4 is 5.73 Å². The lowest BCUT2D eigenvalue weighted by Crippen LogP contribution is -2.68. The Morgan fingerprint density at radius 3 is 2.78 bits per heavy atom. The van der Waals surface area contributed by atoms with Gasteiger partial charge in [-0.15, -0.1) is 0 Å². The summed E-state index contributed by atoms with van der Waals surface area (Å²) < 4.78 is 0. The van der Waals surface area contributed by atoms with E-state index in [1.165, 1.54) is 5.57 Å². The summed E-state index contributed by atoms with van der Waals surface area (Å²) in [7, 11) is 0. The molecule has 0 aromatic rings. The maximum atomic E-state index is 10.5. The van der Waals surface area contributed by atoms with E-state index >= 15 is 0 Å². The van der Waals surface area contributed by atoms with Crippen LogP contribution in [0.15, 0.2) is 11.6 Å². The van der Waals surface area contributed by atoms with Gasteiger partial charge in [-0.2, -0.15) is 0 Å². The van der Waals surface area contributed by atoms with Gasteiger partial charge in [0.25, 0.3) is 0 Å². The van der Waals surface area contributed by atoms with Crippen LogP contribution >= 0.6 is 0 Å². The Kier molecular flexibility index (Phi) is 3.60. The lowest BCUT2D eigenvalue weighted by Gasteiger charge is -2.55. The minimum Gasteiger partial charge on any atom is -0.393 e. The zero-order valence-electron chi connectivity index (χ0n) is 11.8. The molecular formula is C15H27NO2. The molecule has 2 aliphatic carbocycles. The van der Waals surface area contributed by atoms with Crippen LogP contribution in [-0.4, -0.2) is 28.0 Å². The van der Waals surface area contributed by atoms with E-state index in [2.05, 4.69) is 19.9 Å². The fourth-order valence-corrected chi connectivity index (χ4v) is 3.88. The van der Waals surface area contributed by atoms with Crippen LogP contribution in [0.1, 0.15) is 46.5 Å². The van der Waals surface area contributed by atoms with Crippen molar-refractivity contribution in [3.63, 3.8) is 0 Å². The van der Waals surface area contributed by atoms with Crippen LogP contribution in [0.3, 0.4) is 0 Å². The van der Waals surface area contributed by atoms with Gasteiger partial charge < -0.3 is 15.9 Å². The fraction of sp³-hybridized carbons (Fsp3) is 0.867. The van der Waals surface area contributed by atoms with Crippen LogP contribution in [0.25, 0.3) is 0 Å². The van der Waals surface area contributed by atoms with Crippen LogP contribution in [0, 0.1) is 17.8 Å². The van der Waals surface area contributed by atoms with Gasteiger partial charge in [-0.05, 0) is 51.4 Å². The van der Waals surface area contributed by atoms with Crippen molar-refractivity contribution in [1.82, 2.24) is 0 Å². The first kappa shape index (κ1) is 14.0. The minimum atomic E-state index is -1.20. The fourth-order valence-electron chi connectivity index (χ4n) is 3.88. The Morgan fingerprint density at radius 2 is 2.17 bits per heavy atom. The van der Waals surface area contributed by atoms with Crippen molar-refractivity contribution in [3.05, 3.63) is 11.6 Å². The Hall–Kier alpha value is -0.380. The molecule has 5 atom stereocenters. The lowest BCUT2D eigenvalue weighted by molar-refractivity contribution is -0.107. The van der Waals surface area contributed by atoms with Crippen LogP contribution in [0.5, 0.6) is 0 Å². The molecule has 3 nitrogen and oxygen atoms in total. The second-order valence-corrected chi connectivity index (χ2v) is 6.73. The topological polar surface area (TPSA) is 66.5 Å². The predicted molar refractivity (Wildman–Crippen MR) is 73.0 cm³/mol. The van der Waals surface area contributed by atoms with Gasteiger partial charge in [0.15, 0.2) is 0 Å². The number of fused-ring (bicyclic) bond motifs is 1. The molecule has 0 aliphatic heterocycles. The van der Waals surface area contributed by atoms with Gasteiger partial charge in [0.1, 0.15) is 5.60 Å². The third-order valence-electron chi connectivity index (χ3n) is 5.45. The zero-order valence-corrected chi connectivity index (χ0v) is 11.8. The van der Waals surface area contributed by atoms with Gasteiger partial charge in [-0.25, -0.2) is 0 Å². The molecular weight excluding hydrogens is 226 g/mol. The standard InChI is InChI=1S/C15H27NO2/c1-10-4-5-12-11(2)6-7-15(16,13(12)8-10)14(3,18)9-17/h8,11-13,17-18H,4-7,9,16H2,1-3H3/t11-,12+,13+,14?,15+/m1/s1. The van der Waals surface area contributed by atoms with Crippen LogP contribution in [0.4, 0.5) is 0 Å². The number of aliphatic hydroxyl groups excluding tert-OH is 1. The van der Waals surface area contributed by atoms with Crippen LogP contribution in [0.2, 0.25) is 0 Å². The Bertz CT molecular complexity index is 350. The molecule has 0 amide bonds. The van der Waals surface area contributed by atoms with E-state index in [9.17, 15) is 10.2 Å². The summed E-state index contributed by atoms with van der Waals surface area (Å²) in [6, 6.07) is 0. The summed E-state index contributed by atoms with van der Waals surface area (Å²) in [4.78, 5) is 0. The molecule has 0 saturated heterocycles. The van der Waals surface area contributed by atoms with Gasteiger partial charge in [0, 0.05) is 5.92 Å². The first-order valence-corrected chi connectivity index (χ1v) is 7.11. The average Bonchev–Trinajstić information content (AvgIpc) is 2.34. The molecule has 0 aromatic carbocycles. The molecule has 1 unspecified atom stereocenters. The van der Waals surface area contributed by atoms with Crippen LogP contribution in [-0.2, 0) is 0 Å². The van der Waals surface area contributed by atoms with Crippen molar-refractivity contribution < 1.29 is 10.2 Å². The van der Waals surface area contributed by atoms with Gasteiger partial charge >= 0.3 is 0 Å². The Balaban J connectivity index is 2.39. The third kappa shape index (κ3) is 2.02. The molecule has 104 valence electrons. The van der Waals surface area contributed by atoms with E-state index in [0.29, 0.717) is 11.8 Å². The van der Waals surface area contributed by atoms with E-state index in [0.717, 1.165) is 25.7 Å². The van der Waals surface area contributed by atoms with Crippen molar-refractivity contribution in [2.75, 3.05) is 6.61 Å². The SMILES string of the molecule is CC1=C[C@H]2[C@@H](CC1)[C@H](C)CC[C@@]2(N)C(C)(O)CO. The van der Waals surface area contributed by atoms with Crippen molar-refractivity contribution in [2.24, 2.45) is 23.5 Å². The van der Waals surface area contributed by atoms with E-state index < -0.39 is 11.1 Å². The highest BCUT2D eigenvalue weighted by Crippen LogP contribution is 2.49. The maximum Gasteiger partial charge on any atom is 0.103 e. The van der Waals surface area contributed by atoms with E-state index in [1.54, 1.807) is 6.92 Å². The lowest BCUT2D eigenvalue weighted by atomic mass is 9.55. The van der Waals surface area contributed by atoms with Crippen molar-refractivity contribution >= 4 is 0 Å². The monoisotopic (exact) mass is 253 g/mol. The highest BCUT2D eigenvalue weighted by Gasteiger charge is 2.54. The number of allylic oxidation sites excluding steroid dienone is 1. The summed E-state index contributed by atoms with van der Waals surface area (Å²) >= 11 is 0. The number of aliphatic hydroxyl groups is 2. The molecule has 2 aliphatic rings. The normalized spacial score (nSPS) is 43.9. The Labute approximate surface area is 110 Å². The second kappa shape index (κ2) is 4.62. The quantitative estimate of drug-likeness (QED) is 0.658. The number of hydrogen-bond acceptors (Lipinski definition) is 3. The number of nitrogens with two attached hydrogens (primary N) is 1. The summed E-state index contributed by atoms with van der Waals surface area (Å²) in [5.41, 5.74) is 6.04. The van der Waals surface area contributed by atoms with Gasteiger partial charge in [0.2, 0.25) is 0 Å². The molecule has 2 rings (SSSR count). The predicted octanol–water partition coefficient (Wildman–Crippen LogP) is 1.83. The molecule has 0 spiro atoms. The van der Waals surface area contributed by atoms with E-state index in [-0.39, 0.29) is 12.5 Å². The molecule has 1 saturated carbocycles. The summed E-state index contributed by atoms with van der Waals surface area (Å²) in [6.45, 7) is 5.84. The van der Waals surface area contributed by atoms with Crippen molar-refractivity contribution in [2.45, 2.75) is 57.6 Å². The third-order valence-corrected chi connectivity index (χ3v) is 5.45. The summed E-state index contributed by atoms with van der Waals surface area (Å²) in [5.74, 6) is 1.40. The highest BCUT2D eigenvalue weighted by atomic mass is 16.3. The molecule has 1 fully saturated rings. The zero-order chi connectivity index (χ0) is 13.6. The molecule has 0 radical (unpaired) electrons. The number of rotatable bonds is 2. The van der Waals surface area contributed by atoms with Gasteiger partial charge in [0.05, 0.1) is 12.1 Å². The van der Waals surface area contributed by atoms with Crippen molar-refractivity contribution in [1.29, 1.82) is 0 Å². The second-order valence-electron chi connectivity index (χ2n) is 6.73. The first-order chi connectivity index (χ1) is 8.32. The number of hydrogen-bond donors (Lipinski definition) is 3. The average molecular weight is 253 g/mol. The molecule has 0 bridgehead atoms. The summed E-state index contributed by atoms with van der Waals surface area (Å²) in [5, 5.41) is 20.0. The largest absolute Gasteiger partial charge is 0.393 e. The summed E-state index contributed by atoms with van der Waals surface area (Å²) in [6.07, 6.45) is 6.39. The van der Waals surface area contributed by atoms with E-state index in [1.807, 2.05) is 0 Å².